The van der Waals surface area contributed by atoms with Crippen LogP contribution in [-0.2, 0) is 9.59 Å². The van der Waals surface area contributed by atoms with Gasteiger partial charge in [0, 0.05) is 6.20 Å². The standard InChI is InChI=1S/C7H7NO4/c9-6(10)4-2-1-3-8-5(4)7(11)12/h1,3-4H,2H2,(H,9,10)(H,11,12). The number of aliphatic imine (C=N–C) groups is 1. The summed E-state index contributed by atoms with van der Waals surface area (Å²) in [5.41, 5.74) is -0.301. The lowest BCUT2D eigenvalue weighted by molar-refractivity contribution is -0.141. The Morgan fingerprint density at radius 3 is 2.58 bits per heavy atom. The van der Waals surface area contributed by atoms with Crippen LogP contribution in [0.15, 0.2) is 17.3 Å². The molecular formula is C7H7NO4. The maximum absolute atomic E-state index is 10.5. The van der Waals surface area contributed by atoms with E-state index in [-0.39, 0.29) is 12.1 Å². The molecule has 0 aromatic carbocycles. The van der Waals surface area contributed by atoms with Crippen molar-refractivity contribution in [3.63, 3.8) is 0 Å². The van der Waals surface area contributed by atoms with Gasteiger partial charge in [-0.2, -0.15) is 0 Å². The second-order valence-electron chi connectivity index (χ2n) is 2.33. The normalized spacial score (nSPS) is 21.7. The van der Waals surface area contributed by atoms with Crippen LogP contribution in [0.5, 0.6) is 0 Å². The summed E-state index contributed by atoms with van der Waals surface area (Å²) >= 11 is 0. The summed E-state index contributed by atoms with van der Waals surface area (Å²) in [7, 11) is 0. The average molecular weight is 169 g/mol. The molecule has 5 heteroatoms. The fraction of sp³-hybridized carbons (Fsp3) is 0.286. The average Bonchev–Trinajstić information content (AvgIpc) is 2.04. The Kier molecular flexibility index (Phi) is 2.23. The molecule has 2 N–H and O–H groups in total. The van der Waals surface area contributed by atoms with Crippen LogP contribution >= 0.6 is 0 Å². The van der Waals surface area contributed by atoms with E-state index in [0.717, 1.165) is 0 Å². The highest BCUT2D eigenvalue weighted by atomic mass is 16.4. The second-order valence-corrected chi connectivity index (χ2v) is 2.33. The SMILES string of the molecule is O=C(O)C1=NC=CCC1C(=O)O. The number of allylic oxidation sites excluding steroid dienone is 1. The first-order valence-electron chi connectivity index (χ1n) is 3.31. The zero-order chi connectivity index (χ0) is 9.14. The number of carbonyl (C=O) groups is 2. The fourth-order valence-electron chi connectivity index (χ4n) is 0.954. The highest BCUT2D eigenvalue weighted by molar-refractivity contribution is 6.40. The first kappa shape index (κ1) is 8.45. The Bertz CT molecular complexity index is 279. The molecule has 0 spiro atoms. The Morgan fingerprint density at radius 1 is 1.50 bits per heavy atom. The van der Waals surface area contributed by atoms with E-state index in [1.807, 2.05) is 0 Å². The molecule has 12 heavy (non-hydrogen) atoms. The molecule has 1 rings (SSSR count). The Labute approximate surface area is 68.0 Å². The van der Waals surface area contributed by atoms with Gasteiger partial charge < -0.3 is 10.2 Å². The van der Waals surface area contributed by atoms with Gasteiger partial charge in [0.15, 0.2) is 0 Å². The molecule has 0 saturated heterocycles. The van der Waals surface area contributed by atoms with Crippen molar-refractivity contribution in [3.05, 3.63) is 12.3 Å². The third kappa shape index (κ3) is 1.50. The molecule has 0 fully saturated rings. The first-order chi connectivity index (χ1) is 5.63. The van der Waals surface area contributed by atoms with Gasteiger partial charge in [-0.3, -0.25) is 9.79 Å². The number of aliphatic carboxylic acids is 2. The van der Waals surface area contributed by atoms with Crippen LogP contribution in [0, 0.1) is 5.92 Å². The number of carboxylic acids is 2. The van der Waals surface area contributed by atoms with E-state index < -0.39 is 17.9 Å². The Morgan fingerprint density at radius 2 is 2.17 bits per heavy atom. The second kappa shape index (κ2) is 3.17. The number of nitrogens with zero attached hydrogens (tertiary/aromatic N) is 1. The van der Waals surface area contributed by atoms with E-state index in [9.17, 15) is 9.59 Å². The van der Waals surface area contributed by atoms with E-state index in [1.54, 1.807) is 0 Å². The highest BCUT2D eigenvalue weighted by Crippen LogP contribution is 2.12. The Hall–Kier alpha value is -1.65. The largest absolute Gasteiger partial charge is 0.481 e. The summed E-state index contributed by atoms with van der Waals surface area (Å²) < 4.78 is 0. The van der Waals surface area contributed by atoms with Gasteiger partial charge in [0.25, 0.3) is 0 Å². The molecule has 5 nitrogen and oxygen atoms in total. The van der Waals surface area contributed by atoms with Crippen molar-refractivity contribution in [2.24, 2.45) is 10.9 Å². The summed E-state index contributed by atoms with van der Waals surface area (Å²) in [6.07, 6.45) is 3.04. The smallest absolute Gasteiger partial charge is 0.351 e. The van der Waals surface area contributed by atoms with Gasteiger partial charge in [-0.1, -0.05) is 6.08 Å². The molecule has 64 valence electrons. The van der Waals surface area contributed by atoms with Gasteiger partial charge >= 0.3 is 11.9 Å². The third-order valence-electron chi connectivity index (χ3n) is 1.54. The predicted molar refractivity (Wildman–Crippen MR) is 40.0 cm³/mol. The molecule has 0 saturated carbocycles. The first-order valence-corrected chi connectivity index (χ1v) is 3.31. The molecule has 0 bridgehead atoms. The van der Waals surface area contributed by atoms with Gasteiger partial charge in [0.05, 0.1) is 0 Å². The quantitative estimate of drug-likeness (QED) is 0.615. The van der Waals surface area contributed by atoms with Crippen LogP contribution in [0.25, 0.3) is 0 Å². The van der Waals surface area contributed by atoms with E-state index >= 15 is 0 Å². The van der Waals surface area contributed by atoms with Crippen molar-refractivity contribution in [1.29, 1.82) is 0 Å². The lowest BCUT2D eigenvalue weighted by Crippen LogP contribution is -2.30. The molecule has 1 heterocycles. The summed E-state index contributed by atoms with van der Waals surface area (Å²) in [4.78, 5) is 24.4. The summed E-state index contributed by atoms with van der Waals surface area (Å²) in [6.45, 7) is 0. The molecular weight excluding hydrogens is 162 g/mol. The van der Waals surface area contributed by atoms with Gasteiger partial charge in [-0.15, -0.1) is 0 Å². The molecule has 1 atom stereocenters. The summed E-state index contributed by atoms with van der Waals surface area (Å²) in [5, 5.41) is 17.1. The van der Waals surface area contributed by atoms with Crippen LogP contribution < -0.4 is 0 Å². The minimum absolute atomic E-state index is 0.195. The van der Waals surface area contributed by atoms with Crippen molar-refractivity contribution in [2.45, 2.75) is 6.42 Å². The van der Waals surface area contributed by atoms with Crippen LogP contribution in [0.4, 0.5) is 0 Å². The highest BCUT2D eigenvalue weighted by Gasteiger charge is 2.29. The topological polar surface area (TPSA) is 87.0 Å². The van der Waals surface area contributed by atoms with Gasteiger partial charge in [-0.25, -0.2) is 4.79 Å². The van der Waals surface area contributed by atoms with E-state index in [0.29, 0.717) is 0 Å². The molecule has 0 radical (unpaired) electrons. The fourth-order valence-corrected chi connectivity index (χ4v) is 0.954. The molecule has 0 aliphatic carbocycles. The van der Waals surface area contributed by atoms with Crippen LogP contribution in [0.3, 0.4) is 0 Å². The van der Waals surface area contributed by atoms with Crippen molar-refractivity contribution >= 4 is 17.7 Å². The summed E-state index contributed by atoms with van der Waals surface area (Å²) in [6, 6.07) is 0. The maximum Gasteiger partial charge on any atom is 0.351 e. The maximum atomic E-state index is 10.5. The molecule has 0 aromatic heterocycles. The predicted octanol–water partition coefficient (Wildman–Crippen LogP) is 0.130. The number of carboxylic acid groups (broad SMARTS) is 2. The number of hydrogen-bond donors (Lipinski definition) is 2. The van der Waals surface area contributed by atoms with Crippen molar-refractivity contribution in [2.75, 3.05) is 0 Å². The molecule has 1 aliphatic rings. The van der Waals surface area contributed by atoms with Crippen molar-refractivity contribution in [3.8, 4) is 0 Å². The molecule has 1 aliphatic heterocycles. The minimum Gasteiger partial charge on any atom is -0.481 e. The third-order valence-corrected chi connectivity index (χ3v) is 1.54. The van der Waals surface area contributed by atoms with Crippen molar-refractivity contribution < 1.29 is 19.8 Å². The number of hydrogen-bond acceptors (Lipinski definition) is 3. The van der Waals surface area contributed by atoms with Gasteiger partial charge in [0.1, 0.15) is 11.6 Å². The van der Waals surface area contributed by atoms with Gasteiger partial charge in [0.2, 0.25) is 0 Å². The van der Waals surface area contributed by atoms with E-state index in [2.05, 4.69) is 4.99 Å². The number of rotatable bonds is 2. The zero-order valence-electron chi connectivity index (χ0n) is 6.10. The molecule has 0 aromatic rings. The minimum atomic E-state index is -1.27. The zero-order valence-corrected chi connectivity index (χ0v) is 6.10. The van der Waals surface area contributed by atoms with E-state index in [4.69, 9.17) is 10.2 Å². The van der Waals surface area contributed by atoms with Crippen LogP contribution in [0.2, 0.25) is 0 Å². The van der Waals surface area contributed by atoms with Gasteiger partial charge in [-0.05, 0) is 6.42 Å². The lowest BCUT2D eigenvalue weighted by Gasteiger charge is -2.11. The molecule has 1 unspecified atom stereocenters. The summed E-state index contributed by atoms with van der Waals surface area (Å²) in [5.74, 6) is -3.43. The molecule has 0 amide bonds. The Balaban J connectivity index is 2.91. The van der Waals surface area contributed by atoms with Crippen molar-refractivity contribution in [1.82, 2.24) is 0 Å². The van der Waals surface area contributed by atoms with Crippen LogP contribution in [0.1, 0.15) is 6.42 Å². The monoisotopic (exact) mass is 169 g/mol. The van der Waals surface area contributed by atoms with Crippen LogP contribution in [-0.4, -0.2) is 27.9 Å². The van der Waals surface area contributed by atoms with E-state index in [1.165, 1.54) is 12.3 Å². The lowest BCUT2D eigenvalue weighted by atomic mass is 9.98.